The van der Waals surface area contributed by atoms with Crippen molar-refractivity contribution in [3.8, 4) is 0 Å². The minimum absolute atomic E-state index is 0.203. The van der Waals surface area contributed by atoms with Gasteiger partial charge in [0.1, 0.15) is 5.00 Å². The molecule has 0 atom stereocenters. The van der Waals surface area contributed by atoms with Gasteiger partial charge in [-0.25, -0.2) is 13.2 Å². The molecule has 0 saturated heterocycles. The molecule has 10 nitrogen and oxygen atoms in total. The van der Waals surface area contributed by atoms with E-state index in [1.54, 1.807) is 6.92 Å². The van der Waals surface area contributed by atoms with Crippen LogP contribution in [0.4, 0.5) is 9.80 Å². The Hall–Kier alpha value is -2.18. The maximum absolute atomic E-state index is 12.2. The van der Waals surface area contributed by atoms with Gasteiger partial charge in [0.25, 0.3) is 5.91 Å². The van der Waals surface area contributed by atoms with Crippen LogP contribution >= 0.6 is 11.3 Å². The van der Waals surface area contributed by atoms with Gasteiger partial charge in [0.15, 0.2) is 0 Å². The number of sulfonamides is 1. The van der Waals surface area contributed by atoms with E-state index in [2.05, 4.69) is 5.32 Å². The molecule has 3 N–H and O–H groups in total. The molecule has 0 bridgehead atoms. The quantitative estimate of drug-likeness (QED) is 0.676. The van der Waals surface area contributed by atoms with Crippen molar-refractivity contribution < 1.29 is 27.5 Å². The summed E-state index contributed by atoms with van der Waals surface area (Å²) in [5.41, 5.74) is 6.37. The molecule has 0 spiro atoms. The first-order valence-corrected chi connectivity index (χ1v) is 10.8. The first-order valence-electron chi connectivity index (χ1n) is 8.11. The molecule has 0 radical (unpaired) electrons. The van der Waals surface area contributed by atoms with Crippen molar-refractivity contribution in [2.75, 3.05) is 38.3 Å². The summed E-state index contributed by atoms with van der Waals surface area (Å²) < 4.78 is 28.7. The number of hydrogen-bond acceptors (Lipinski definition) is 7. The summed E-state index contributed by atoms with van der Waals surface area (Å²) in [5.74, 6) is -1.28. The zero-order chi connectivity index (χ0) is 20.4. The van der Waals surface area contributed by atoms with E-state index in [1.165, 1.54) is 11.9 Å². The second-order valence-electron chi connectivity index (χ2n) is 6.01. The third-order valence-corrected chi connectivity index (χ3v) is 6.41. The first kappa shape index (κ1) is 21.1. The Labute approximate surface area is 161 Å². The largest absolute Gasteiger partial charge is 0.450 e. The summed E-state index contributed by atoms with van der Waals surface area (Å²) in [4.78, 5) is 38.2. The van der Waals surface area contributed by atoms with Gasteiger partial charge in [-0.15, -0.1) is 11.3 Å². The molecule has 3 amide bonds. The highest BCUT2D eigenvalue weighted by molar-refractivity contribution is 7.88. The molecule has 27 heavy (non-hydrogen) atoms. The lowest BCUT2D eigenvalue weighted by Gasteiger charge is -2.26. The number of amides is 3. The van der Waals surface area contributed by atoms with Crippen molar-refractivity contribution >= 4 is 44.3 Å². The van der Waals surface area contributed by atoms with E-state index in [0.717, 1.165) is 26.8 Å². The number of nitrogens with one attached hydrogen (secondary N) is 1. The number of hydrogen-bond donors (Lipinski definition) is 2. The van der Waals surface area contributed by atoms with Crippen molar-refractivity contribution in [1.29, 1.82) is 0 Å². The summed E-state index contributed by atoms with van der Waals surface area (Å²) in [6.07, 6.45) is 0.947. The molecule has 12 heteroatoms. The number of thiophene rings is 1. The van der Waals surface area contributed by atoms with Crippen LogP contribution in [0, 0.1) is 0 Å². The van der Waals surface area contributed by atoms with E-state index < -0.39 is 34.5 Å². The topological polar surface area (TPSA) is 139 Å². The molecule has 0 saturated carbocycles. The standard InChI is InChI=1S/C15H22N4O6S2/c1-4-25-15(22)19-6-5-9-10(7-19)26-14(12(9)13(16)21)17-11(20)8-18(2)27(3,23)24/h4-8H2,1-3H3,(H2,16,21)(H,17,20). The fourth-order valence-corrected chi connectivity index (χ4v) is 4.25. The molecule has 150 valence electrons. The Bertz CT molecular complexity index is 864. The molecule has 2 heterocycles. The van der Waals surface area contributed by atoms with Crippen LogP contribution in [0.25, 0.3) is 0 Å². The Morgan fingerprint density at radius 1 is 1.37 bits per heavy atom. The van der Waals surface area contributed by atoms with Gasteiger partial charge in [-0.05, 0) is 18.9 Å². The summed E-state index contributed by atoms with van der Waals surface area (Å²) >= 11 is 1.14. The molecular formula is C15H22N4O6S2. The molecule has 0 aliphatic carbocycles. The van der Waals surface area contributed by atoms with Crippen molar-refractivity contribution in [1.82, 2.24) is 9.21 Å². The second-order valence-corrected chi connectivity index (χ2v) is 9.20. The number of anilines is 1. The average molecular weight is 418 g/mol. The maximum Gasteiger partial charge on any atom is 0.410 e. The minimum atomic E-state index is -3.51. The Balaban J connectivity index is 2.22. The zero-order valence-electron chi connectivity index (χ0n) is 15.3. The number of ether oxygens (including phenoxy) is 1. The lowest BCUT2D eigenvalue weighted by atomic mass is 10.0. The van der Waals surface area contributed by atoms with Gasteiger partial charge in [0.05, 0.1) is 31.5 Å². The fraction of sp³-hybridized carbons (Fsp3) is 0.533. The molecule has 1 aliphatic heterocycles. The van der Waals surface area contributed by atoms with E-state index in [1.807, 2.05) is 0 Å². The summed E-state index contributed by atoms with van der Waals surface area (Å²) in [6, 6.07) is 0. The number of likely N-dealkylation sites (N-methyl/N-ethyl adjacent to an activating group) is 1. The van der Waals surface area contributed by atoms with Gasteiger partial charge in [-0.1, -0.05) is 0 Å². The Morgan fingerprint density at radius 3 is 2.59 bits per heavy atom. The molecule has 1 aliphatic rings. The van der Waals surface area contributed by atoms with E-state index in [-0.39, 0.29) is 23.7 Å². The van der Waals surface area contributed by atoms with Crippen molar-refractivity contribution in [2.24, 2.45) is 5.73 Å². The number of carbonyl (C=O) groups excluding carboxylic acids is 3. The lowest BCUT2D eigenvalue weighted by molar-refractivity contribution is -0.116. The highest BCUT2D eigenvalue weighted by atomic mass is 32.2. The van der Waals surface area contributed by atoms with Gasteiger partial charge in [0.2, 0.25) is 15.9 Å². The maximum atomic E-state index is 12.2. The number of carbonyl (C=O) groups is 3. The smallest absolute Gasteiger partial charge is 0.410 e. The number of rotatable bonds is 6. The van der Waals surface area contributed by atoms with Crippen LogP contribution in [0.1, 0.15) is 27.7 Å². The molecule has 0 fully saturated rings. The Kier molecular flexibility index (Phi) is 6.44. The number of nitrogens with zero attached hydrogens (tertiary/aromatic N) is 2. The van der Waals surface area contributed by atoms with E-state index >= 15 is 0 Å². The molecule has 0 aromatic carbocycles. The van der Waals surface area contributed by atoms with Crippen LogP contribution < -0.4 is 11.1 Å². The van der Waals surface area contributed by atoms with Crippen LogP contribution in [0.3, 0.4) is 0 Å². The average Bonchev–Trinajstić information content (AvgIpc) is 2.90. The Morgan fingerprint density at radius 2 is 2.04 bits per heavy atom. The number of nitrogens with two attached hydrogens (primary N) is 1. The fourth-order valence-electron chi connectivity index (χ4n) is 2.61. The van der Waals surface area contributed by atoms with Crippen LogP contribution in [0.2, 0.25) is 0 Å². The van der Waals surface area contributed by atoms with Crippen LogP contribution in [0.15, 0.2) is 0 Å². The summed E-state index contributed by atoms with van der Waals surface area (Å²) in [5, 5.41) is 2.81. The van der Waals surface area contributed by atoms with Gasteiger partial charge < -0.3 is 20.7 Å². The normalized spacial score (nSPS) is 14.0. The van der Waals surface area contributed by atoms with Crippen LogP contribution in [-0.4, -0.2) is 68.5 Å². The summed E-state index contributed by atoms with van der Waals surface area (Å²) in [7, 11) is -2.24. The highest BCUT2D eigenvalue weighted by Crippen LogP contribution is 2.37. The van der Waals surface area contributed by atoms with E-state index in [0.29, 0.717) is 18.5 Å². The monoisotopic (exact) mass is 418 g/mol. The summed E-state index contributed by atoms with van der Waals surface area (Å²) in [6.45, 7) is 2.19. The zero-order valence-corrected chi connectivity index (χ0v) is 16.9. The molecule has 1 aromatic rings. The highest BCUT2D eigenvalue weighted by Gasteiger charge is 2.30. The second kappa shape index (κ2) is 8.23. The third kappa shape index (κ3) is 4.96. The first-order chi connectivity index (χ1) is 12.5. The molecular weight excluding hydrogens is 396 g/mol. The van der Waals surface area contributed by atoms with Crippen molar-refractivity contribution in [2.45, 2.75) is 19.9 Å². The SMILES string of the molecule is CCOC(=O)N1CCc2c(sc(NC(=O)CN(C)S(C)(=O)=O)c2C(N)=O)C1. The van der Waals surface area contributed by atoms with Gasteiger partial charge in [-0.3, -0.25) is 9.59 Å². The van der Waals surface area contributed by atoms with Crippen molar-refractivity contribution in [3.05, 3.63) is 16.0 Å². The number of fused-ring (bicyclic) bond motifs is 1. The van der Waals surface area contributed by atoms with E-state index in [4.69, 9.17) is 10.5 Å². The van der Waals surface area contributed by atoms with Gasteiger partial charge in [-0.2, -0.15) is 4.31 Å². The van der Waals surface area contributed by atoms with Crippen molar-refractivity contribution in [3.63, 3.8) is 0 Å². The number of primary amides is 1. The van der Waals surface area contributed by atoms with E-state index in [9.17, 15) is 22.8 Å². The molecule has 0 unspecified atom stereocenters. The predicted molar refractivity (Wildman–Crippen MR) is 100 cm³/mol. The lowest BCUT2D eigenvalue weighted by Crippen LogP contribution is -2.36. The molecule has 1 aromatic heterocycles. The molecule has 2 rings (SSSR count). The van der Waals surface area contributed by atoms with Crippen LogP contribution in [0.5, 0.6) is 0 Å². The van der Waals surface area contributed by atoms with Crippen LogP contribution in [-0.2, 0) is 32.5 Å². The predicted octanol–water partition coefficient (Wildman–Crippen LogP) is 0.192. The minimum Gasteiger partial charge on any atom is -0.450 e. The third-order valence-electron chi connectivity index (χ3n) is 4.01. The van der Waals surface area contributed by atoms with Gasteiger partial charge >= 0.3 is 6.09 Å². The van der Waals surface area contributed by atoms with Gasteiger partial charge in [0, 0.05) is 18.5 Å².